The zero-order chi connectivity index (χ0) is 14.9. The number of benzene rings is 1. The van der Waals surface area contributed by atoms with Gasteiger partial charge in [0.1, 0.15) is 0 Å². The molecule has 1 aromatic rings. The van der Waals surface area contributed by atoms with Gasteiger partial charge in [-0.2, -0.15) is 4.31 Å². The summed E-state index contributed by atoms with van der Waals surface area (Å²) in [5, 5.41) is 10.9. The Balaban J connectivity index is 0.00000220. The van der Waals surface area contributed by atoms with Gasteiger partial charge in [-0.3, -0.25) is 10.1 Å². The van der Waals surface area contributed by atoms with Crippen LogP contribution in [0.4, 0.5) is 5.69 Å². The summed E-state index contributed by atoms with van der Waals surface area (Å²) in [7, 11) is -3.68. The molecule has 0 aromatic heterocycles. The van der Waals surface area contributed by atoms with Crippen molar-refractivity contribution in [2.45, 2.75) is 30.7 Å². The van der Waals surface area contributed by atoms with Crippen LogP contribution in [-0.2, 0) is 10.0 Å². The molecule has 1 aromatic carbocycles. The third-order valence-corrected chi connectivity index (χ3v) is 5.41. The molecule has 0 saturated carbocycles. The largest absolute Gasteiger partial charge is 0.328 e. The molecule has 1 saturated heterocycles. The Morgan fingerprint density at radius 2 is 1.90 bits per heavy atom. The highest BCUT2D eigenvalue weighted by Gasteiger charge is 2.29. The molecule has 2 N–H and O–H groups in total. The van der Waals surface area contributed by atoms with Crippen molar-refractivity contribution in [3.8, 4) is 0 Å². The second-order valence-electron chi connectivity index (χ2n) is 4.95. The molecule has 1 heterocycles. The van der Waals surface area contributed by atoms with Gasteiger partial charge in [-0.15, -0.1) is 12.4 Å². The third-order valence-electron chi connectivity index (χ3n) is 3.51. The smallest absolute Gasteiger partial charge is 0.273 e. The van der Waals surface area contributed by atoms with E-state index in [1.54, 1.807) is 6.92 Å². The maximum absolute atomic E-state index is 12.4. The van der Waals surface area contributed by atoms with Gasteiger partial charge in [-0.1, -0.05) is 6.07 Å². The van der Waals surface area contributed by atoms with Crippen molar-refractivity contribution in [3.05, 3.63) is 33.9 Å². The van der Waals surface area contributed by atoms with Crippen LogP contribution >= 0.6 is 12.4 Å². The Hall–Kier alpha value is -1.22. The van der Waals surface area contributed by atoms with Gasteiger partial charge in [0.05, 0.1) is 9.82 Å². The molecular formula is C12H18ClN3O4S. The molecule has 1 fully saturated rings. The van der Waals surface area contributed by atoms with E-state index < -0.39 is 14.9 Å². The number of halogens is 1. The van der Waals surface area contributed by atoms with Gasteiger partial charge in [0, 0.05) is 30.8 Å². The van der Waals surface area contributed by atoms with E-state index >= 15 is 0 Å². The van der Waals surface area contributed by atoms with Crippen molar-refractivity contribution in [2.75, 3.05) is 13.1 Å². The van der Waals surface area contributed by atoms with E-state index in [2.05, 4.69) is 0 Å². The number of nitrogens with two attached hydrogens (primary N) is 1. The van der Waals surface area contributed by atoms with Crippen LogP contribution in [0.1, 0.15) is 18.4 Å². The predicted octanol–water partition coefficient (Wildman–Crippen LogP) is 1.44. The van der Waals surface area contributed by atoms with Crippen LogP contribution in [0.3, 0.4) is 0 Å². The molecule has 0 spiro atoms. The van der Waals surface area contributed by atoms with Crippen molar-refractivity contribution in [1.29, 1.82) is 0 Å². The van der Waals surface area contributed by atoms with E-state index in [-0.39, 0.29) is 29.0 Å². The van der Waals surface area contributed by atoms with Crippen molar-refractivity contribution >= 4 is 28.1 Å². The second kappa shape index (κ2) is 6.69. The number of aryl methyl sites for hydroxylation is 1. The summed E-state index contributed by atoms with van der Waals surface area (Å²) in [5.74, 6) is 0. The molecule has 7 nitrogen and oxygen atoms in total. The van der Waals surface area contributed by atoms with Crippen molar-refractivity contribution in [2.24, 2.45) is 5.73 Å². The van der Waals surface area contributed by atoms with Crippen molar-refractivity contribution in [3.63, 3.8) is 0 Å². The topological polar surface area (TPSA) is 107 Å². The van der Waals surface area contributed by atoms with Crippen LogP contribution in [0.25, 0.3) is 0 Å². The summed E-state index contributed by atoms with van der Waals surface area (Å²) in [6, 6.07) is 4.01. The van der Waals surface area contributed by atoms with E-state index in [1.807, 2.05) is 0 Å². The van der Waals surface area contributed by atoms with Gasteiger partial charge in [0.15, 0.2) is 0 Å². The lowest BCUT2D eigenvalue weighted by Crippen LogP contribution is -2.42. The third kappa shape index (κ3) is 3.70. The molecule has 0 amide bonds. The van der Waals surface area contributed by atoms with E-state index in [1.165, 1.54) is 16.4 Å². The van der Waals surface area contributed by atoms with Crippen molar-refractivity contribution < 1.29 is 13.3 Å². The fourth-order valence-electron chi connectivity index (χ4n) is 2.21. The first-order valence-corrected chi connectivity index (χ1v) is 7.77. The fraction of sp³-hybridized carbons (Fsp3) is 0.500. The van der Waals surface area contributed by atoms with Gasteiger partial charge >= 0.3 is 0 Å². The van der Waals surface area contributed by atoms with Crippen LogP contribution in [0.2, 0.25) is 0 Å². The van der Waals surface area contributed by atoms with Gasteiger partial charge < -0.3 is 5.73 Å². The molecule has 21 heavy (non-hydrogen) atoms. The first-order valence-electron chi connectivity index (χ1n) is 6.33. The highest BCUT2D eigenvalue weighted by Crippen LogP contribution is 2.26. The monoisotopic (exact) mass is 335 g/mol. The number of nitrogens with zero attached hydrogens (tertiary/aromatic N) is 2. The number of hydrogen-bond donors (Lipinski definition) is 1. The average molecular weight is 336 g/mol. The van der Waals surface area contributed by atoms with Gasteiger partial charge in [0.25, 0.3) is 5.69 Å². The van der Waals surface area contributed by atoms with E-state index in [0.717, 1.165) is 6.07 Å². The summed E-state index contributed by atoms with van der Waals surface area (Å²) in [6.07, 6.45) is 1.21. The molecular weight excluding hydrogens is 318 g/mol. The SMILES string of the molecule is Cc1ccc(S(=O)(=O)N2CCC(N)CC2)cc1[N+](=O)[O-].Cl. The van der Waals surface area contributed by atoms with Crippen LogP contribution in [0.5, 0.6) is 0 Å². The highest BCUT2D eigenvalue weighted by molar-refractivity contribution is 7.89. The van der Waals surface area contributed by atoms with Crippen LogP contribution in [0.15, 0.2) is 23.1 Å². The zero-order valence-corrected chi connectivity index (χ0v) is 13.2. The quantitative estimate of drug-likeness (QED) is 0.664. The molecule has 118 valence electrons. The lowest BCUT2D eigenvalue weighted by atomic mass is 10.1. The second-order valence-corrected chi connectivity index (χ2v) is 6.88. The number of sulfonamides is 1. The summed E-state index contributed by atoms with van der Waals surface area (Å²) in [5.41, 5.74) is 6.01. The van der Waals surface area contributed by atoms with E-state index in [0.29, 0.717) is 31.5 Å². The molecule has 0 bridgehead atoms. The Morgan fingerprint density at radius 1 is 1.33 bits per heavy atom. The number of nitro benzene ring substituents is 1. The van der Waals surface area contributed by atoms with Gasteiger partial charge in [-0.05, 0) is 25.8 Å². The van der Waals surface area contributed by atoms with E-state index in [4.69, 9.17) is 5.73 Å². The Labute approximate surface area is 129 Å². The molecule has 0 aliphatic carbocycles. The highest BCUT2D eigenvalue weighted by atomic mass is 35.5. The van der Waals surface area contributed by atoms with Gasteiger partial charge in [-0.25, -0.2) is 8.42 Å². The fourth-order valence-corrected chi connectivity index (χ4v) is 3.70. The summed E-state index contributed by atoms with van der Waals surface area (Å²) in [6.45, 7) is 2.28. The first kappa shape index (κ1) is 17.8. The normalized spacial score (nSPS) is 17.2. The Bertz CT molecular complexity index is 627. The minimum Gasteiger partial charge on any atom is -0.328 e. The number of hydrogen-bond acceptors (Lipinski definition) is 5. The maximum Gasteiger partial charge on any atom is 0.273 e. The van der Waals surface area contributed by atoms with Crippen LogP contribution < -0.4 is 5.73 Å². The molecule has 0 radical (unpaired) electrons. The Kier molecular flexibility index (Phi) is 5.68. The molecule has 0 unspecified atom stereocenters. The molecule has 1 aliphatic rings. The minimum absolute atomic E-state index is 0. The maximum atomic E-state index is 12.4. The molecule has 1 aliphatic heterocycles. The average Bonchev–Trinajstić information content (AvgIpc) is 2.39. The number of piperidine rings is 1. The molecule has 9 heteroatoms. The standard InChI is InChI=1S/C12H17N3O4S.ClH/c1-9-2-3-11(8-12(9)15(16)17)20(18,19)14-6-4-10(13)5-7-14;/h2-3,8,10H,4-7,13H2,1H3;1H. The number of rotatable bonds is 3. The zero-order valence-electron chi connectivity index (χ0n) is 11.6. The summed E-state index contributed by atoms with van der Waals surface area (Å²) in [4.78, 5) is 10.3. The lowest BCUT2D eigenvalue weighted by Gasteiger charge is -2.29. The summed E-state index contributed by atoms with van der Waals surface area (Å²) >= 11 is 0. The Morgan fingerprint density at radius 3 is 2.43 bits per heavy atom. The van der Waals surface area contributed by atoms with Gasteiger partial charge in [0.2, 0.25) is 10.0 Å². The summed E-state index contributed by atoms with van der Waals surface area (Å²) < 4.78 is 26.2. The number of nitro groups is 1. The van der Waals surface area contributed by atoms with Crippen molar-refractivity contribution in [1.82, 2.24) is 4.31 Å². The van der Waals surface area contributed by atoms with E-state index in [9.17, 15) is 18.5 Å². The molecule has 0 atom stereocenters. The first-order chi connectivity index (χ1) is 9.32. The molecule has 2 rings (SSSR count). The lowest BCUT2D eigenvalue weighted by molar-refractivity contribution is -0.385. The minimum atomic E-state index is -3.68. The predicted molar refractivity (Wildman–Crippen MR) is 81.0 cm³/mol. The van der Waals surface area contributed by atoms with Crippen LogP contribution in [0, 0.1) is 17.0 Å². The van der Waals surface area contributed by atoms with Crippen LogP contribution in [-0.4, -0.2) is 36.8 Å².